The van der Waals surface area contributed by atoms with Crippen molar-refractivity contribution in [3.8, 4) is 0 Å². The van der Waals surface area contributed by atoms with Gasteiger partial charge < -0.3 is 10.3 Å². The van der Waals surface area contributed by atoms with Crippen molar-refractivity contribution in [3.05, 3.63) is 46.2 Å². The first-order chi connectivity index (χ1) is 10.3. The predicted octanol–water partition coefficient (Wildman–Crippen LogP) is 1.85. The number of nitrogens with zero attached hydrogens (tertiary/aromatic N) is 1. The zero-order chi connectivity index (χ0) is 14.2. The van der Waals surface area contributed by atoms with Gasteiger partial charge >= 0.3 is 0 Å². The summed E-state index contributed by atoms with van der Waals surface area (Å²) >= 11 is 0. The molecule has 2 N–H and O–H groups in total. The van der Waals surface area contributed by atoms with E-state index in [2.05, 4.69) is 15.2 Å². The number of H-pyrrole nitrogens is 1. The van der Waals surface area contributed by atoms with Crippen LogP contribution >= 0.6 is 0 Å². The summed E-state index contributed by atoms with van der Waals surface area (Å²) in [5, 5.41) is 4.65. The molecule has 0 spiro atoms. The first-order valence-corrected chi connectivity index (χ1v) is 7.88. The van der Waals surface area contributed by atoms with Crippen LogP contribution in [0.25, 0.3) is 10.9 Å². The van der Waals surface area contributed by atoms with E-state index < -0.39 is 0 Å². The van der Waals surface area contributed by atoms with Crippen LogP contribution in [0.4, 0.5) is 0 Å². The maximum atomic E-state index is 12.1. The molecule has 1 aliphatic heterocycles. The van der Waals surface area contributed by atoms with Crippen molar-refractivity contribution in [2.75, 3.05) is 13.1 Å². The molecule has 2 aliphatic rings. The molecule has 4 nitrogen and oxygen atoms in total. The summed E-state index contributed by atoms with van der Waals surface area (Å²) in [6.45, 7) is 3.00. The molecule has 0 bridgehead atoms. The predicted molar refractivity (Wildman–Crippen MR) is 84.4 cm³/mol. The summed E-state index contributed by atoms with van der Waals surface area (Å²) in [6.07, 6.45) is 3.94. The highest BCUT2D eigenvalue weighted by atomic mass is 16.1. The molecule has 1 unspecified atom stereocenters. The van der Waals surface area contributed by atoms with Crippen molar-refractivity contribution in [1.82, 2.24) is 15.2 Å². The molecular weight excluding hydrogens is 262 g/mol. The molecule has 2 heterocycles. The first kappa shape index (κ1) is 13.0. The third-order valence-corrected chi connectivity index (χ3v) is 4.69. The van der Waals surface area contributed by atoms with Crippen LogP contribution in [0, 0.1) is 0 Å². The molecule has 1 aromatic carbocycles. The fourth-order valence-corrected chi connectivity index (χ4v) is 3.30. The molecule has 2 aromatic rings. The first-order valence-electron chi connectivity index (χ1n) is 7.88. The van der Waals surface area contributed by atoms with Crippen LogP contribution in [0.15, 0.2) is 35.1 Å². The Kier molecular flexibility index (Phi) is 3.28. The van der Waals surface area contributed by atoms with E-state index in [0.717, 1.165) is 29.1 Å². The highest BCUT2D eigenvalue weighted by Gasteiger charge is 2.34. The molecule has 4 heteroatoms. The van der Waals surface area contributed by atoms with Crippen molar-refractivity contribution in [2.24, 2.45) is 0 Å². The zero-order valence-electron chi connectivity index (χ0n) is 12.1. The number of hydrogen-bond acceptors (Lipinski definition) is 3. The van der Waals surface area contributed by atoms with E-state index in [0.29, 0.717) is 12.6 Å². The fraction of sp³-hybridized carbons (Fsp3) is 0.471. The van der Waals surface area contributed by atoms with Crippen LogP contribution in [0.2, 0.25) is 0 Å². The molecule has 110 valence electrons. The largest absolute Gasteiger partial charge is 0.322 e. The number of hydrogen-bond donors (Lipinski definition) is 2. The molecule has 0 radical (unpaired) electrons. The molecule has 1 aliphatic carbocycles. The lowest BCUT2D eigenvalue weighted by Crippen LogP contribution is -2.34. The van der Waals surface area contributed by atoms with E-state index in [-0.39, 0.29) is 5.56 Å². The zero-order valence-corrected chi connectivity index (χ0v) is 12.1. The Bertz CT molecular complexity index is 704. The topological polar surface area (TPSA) is 48.1 Å². The molecule has 0 amide bonds. The molecule has 1 saturated heterocycles. The number of pyridine rings is 1. The summed E-state index contributed by atoms with van der Waals surface area (Å²) in [5.74, 6) is 0. The Hall–Kier alpha value is -1.65. The second kappa shape index (κ2) is 5.28. The maximum Gasteiger partial charge on any atom is 0.252 e. The monoisotopic (exact) mass is 283 g/mol. The molecule has 2 fully saturated rings. The Morgan fingerprint density at radius 2 is 2.10 bits per heavy atom. The van der Waals surface area contributed by atoms with Gasteiger partial charge in [0.05, 0.1) is 0 Å². The van der Waals surface area contributed by atoms with Crippen LogP contribution in [-0.2, 0) is 6.54 Å². The number of aromatic amines is 1. The van der Waals surface area contributed by atoms with Gasteiger partial charge in [0.15, 0.2) is 0 Å². The van der Waals surface area contributed by atoms with Gasteiger partial charge in [-0.15, -0.1) is 0 Å². The third-order valence-electron chi connectivity index (χ3n) is 4.69. The Morgan fingerprint density at radius 1 is 1.24 bits per heavy atom. The second-order valence-electron chi connectivity index (χ2n) is 6.30. The number of nitrogens with one attached hydrogen (secondary N) is 2. The molecule has 21 heavy (non-hydrogen) atoms. The summed E-state index contributed by atoms with van der Waals surface area (Å²) in [7, 11) is 0. The van der Waals surface area contributed by atoms with E-state index in [1.807, 2.05) is 30.3 Å². The summed E-state index contributed by atoms with van der Waals surface area (Å²) in [6, 6.07) is 11.3. The van der Waals surface area contributed by atoms with E-state index in [4.69, 9.17) is 0 Å². The molecular formula is C17H21N3O. The van der Waals surface area contributed by atoms with Crippen LogP contribution in [0.1, 0.15) is 24.8 Å². The number of aromatic nitrogens is 1. The van der Waals surface area contributed by atoms with Crippen LogP contribution in [0.5, 0.6) is 0 Å². The average Bonchev–Trinajstić information content (AvgIpc) is 3.24. The number of para-hydroxylation sites is 1. The minimum absolute atomic E-state index is 0.0262. The smallest absolute Gasteiger partial charge is 0.252 e. The van der Waals surface area contributed by atoms with Crippen LogP contribution in [-0.4, -0.2) is 35.1 Å². The summed E-state index contributed by atoms with van der Waals surface area (Å²) in [4.78, 5) is 17.7. The quantitative estimate of drug-likeness (QED) is 0.900. The van der Waals surface area contributed by atoms with Gasteiger partial charge in [-0.25, -0.2) is 0 Å². The normalized spacial score (nSPS) is 23.0. The van der Waals surface area contributed by atoms with Crippen molar-refractivity contribution in [3.63, 3.8) is 0 Å². The molecule has 4 rings (SSSR count). The molecule has 1 atom stereocenters. The van der Waals surface area contributed by atoms with Gasteiger partial charge in [-0.1, -0.05) is 18.2 Å². The van der Waals surface area contributed by atoms with E-state index in [1.54, 1.807) is 0 Å². The summed E-state index contributed by atoms with van der Waals surface area (Å²) in [5.41, 5.74) is 1.77. The maximum absolute atomic E-state index is 12.1. The lowest BCUT2D eigenvalue weighted by Gasteiger charge is -2.15. The highest BCUT2D eigenvalue weighted by molar-refractivity contribution is 5.78. The number of fused-ring (bicyclic) bond motifs is 1. The van der Waals surface area contributed by atoms with Crippen LogP contribution in [0.3, 0.4) is 0 Å². The van der Waals surface area contributed by atoms with Crippen molar-refractivity contribution >= 4 is 10.9 Å². The van der Waals surface area contributed by atoms with E-state index >= 15 is 0 Å². The minimum Gasteiger partial charge on any atom is -0.322 e. The number of likely N-dealkylation sites (tertiary alicyclic amines) is 1. The van der Waals surface area contributed by atoms with Gasteiger partial charge in [0.25, 0.3) is 5.56 Å². The van der Waals surface area contributed by atoms with Gasteiger partial charge in [-0.2, -0.15) is 0 Å². The minimum atomic E-state index is 0.0262. The highest BCUT2D eigenvalue weighted by Crippen LogP contribution is 2.29. The SMILES string of the molecule is O=c1[nH]c2ccccc2cc1CNC1CCN(C2CC2)C1. The van der Waals surface area contributed by atoms with Gasteiger partial charge in [-0.3, -0.25) is 9.69 Å². The van der Waals surface area contributed by atoms with E-state index in [9.17, 15) is 4.79 Å². The van der Waals surface area contributed by atoms with Gasteiger partial charge in [0, 0.05) is 42.8 Å². The Balaban J connectivity index is 1.44. The lowest BCUT2D eigenvalue weighted by molar-refractivity contribution is 0.317. The summed E-state index contributed by atoms with van der Waals surface area (Å²) < 4.78 is 0. The van der Waals surface area contributed by atoms with Crippen LogP contribution < -0.4 is 10.9 Å². The van der Waals surface area contributed by atoms with Gasteiger partial charge in [-0.05, 0) is 36.8 Å². The fourth-order valence-electron chi connectivity index (χ4n) is 3.30. The lowest BCUT2D eigenvalue weighted by atomic mass is 10.1. The molecule has 1 aromatic heterocycles. The van der Waals surface area contributed by atoms with Gasteiger partial charge in [0.1, 0.15) is 0 Å². The average molecular weight is 283 g/mol. The second-order valence-corrected chi connectivity index (χ2v) is 6.30. The Morgan fingerprint density at radius 3 is 2.95 bits per heavy atom. The van der Waals surface area contributed by atoms with Crippen molar-refractivity contribution < 1.29 is 0 Å². The number of rotatable bonds is 4. The van der Waals surface area contributed by atoms with Gasteiger partial charge in [0.2, 0.25) is 0 Å². The molecule has 1 saturated carbocycles. The number of benzene rings is 1. The van der Waals surface area contributed by atoms with E-state index in [1.165, 1.54) is 25.8 Å². The van der Waals surface area contributed by atoms with Crippen molar-refractivity contribution in [1.29, 1.82) is 0 Å². The standard InChI is InChI=1S/C17H21N3O/c21-17-13(9-12-3-1-2-4-16(12)19-17)10-18-14-7-8-20(11-14)15-5-6-15/h1-4,9,14-15,18H,5-8,10-11H2,(H,19,21). The van der Waals surface area contributed by atoms with Crippen molar-refractivity contribution in [2.45, 2.75) is 37.9 Å². The third kappa shape index (κ3) is 2.74. The Labute approximate surface area is 124 Å².